The van der Waals surface area contributed by atoms with E-state index in [1.165, 1.54) is 7.11 Å². The Kier molecular flexibility index (Phi) is 7.57. The summed E-state index contributed by atoms with van der Waals surface area (Å²) < 4.78 is 4.85. The molecule has 0 aromatic rings. The number of methoxy groups -OCH3 is 1. The molecule has 88 valence electrons. The topological polar surface area (TPSA) is 107 Å². The van der Waals surface area contributed by atoms with Crippen molar-refractivity contribution in [1.29, 1.82) is 0 Å². The summed E-state index contributed by atoms with van der Waals surface area (Å²) in [4.78, 5) is 21.7. The van der Waals surface area contributed by atoms with E-state index in [0.29, 0.717) is 19.4 Å². The first kappa shape index (κ1) is 13.9. The maximum absolute atomic E-state index is 11.3. The average molecular weight is 217 g/mol. The maximum Gasteiger partial charge on any atom is 0.250 e. The molecule has 0 aliphatic carbocycles. The summed E-state index contributed by atoms with van der Waals surface area (Å²) in [6.07, 6.45) is 1.15. The first-order valence-electron chi connectivity index (χ1n) is 4.90. The van der Waals surface area contributed by atoms with E-state index in [4.69, 9.17) is 16.2 Å². The van der Waals surface area contributed by atoms with Gasteiger partial charge < -0.3 is 21.5 Å². The van der Waals surface area contributed by atoms with Crippen LogP contribution in [0.15, 0.2) is 0 Å². The average Bonchev–Trinajstić information content (AvgIpc) is 2.18. The highest BCUT2D eigenvalue weighted by Gasteiger charge is 2.14. The minimum Gasteiger partial charge on any atom is -0.370 e. The lowest BCUT2D eigenvalue weighted by molar-refractivity contribution is -0.130. The van der Waals surface area contributed by atoms with Gasteiger partial charge >= 0.3 is 0 Å². The highest BCUT2D eigenvalue weighted by Crippen LogP contribution is 1.93. The molecule has 6 heteroatoms. The number of carbonyl (C=O) groups excluding carboxylic acids is 2. The van der Waals surface area contributed by atoms with Gasteiger partial charge in [-0.25, -0.2) is 0 Å². The lowest BCUT2D eigenvalue weighted by Gasteiger charge is -2.12. The summed E-state index contributed by atoms with van der Waals surface area (Å²) in [5, 5.41) is 2.66. The zero-order chi connectivity index (χ0) is 11.7. The zero-order valence-electron chi connectivity index (χ0n) is 8.99. The number of carbonyl (C=O) groups is 2. The van der Waals surface area contributed by atoms with Crippen molar-refractivity contribution in [3.63, 3.8) is 0 Å². The van der Waals surface area contributed by atoms with Gasteiger partial charge in [-0.15, -0.1) is 0 Å². The van der Waals surface area contributed by atoms with Gasteiger partial charge in [0.25, 0.3) is 0 Å². The van der Waals surface area contributed by atoms with Crippen LogP contribution in [0.1, 0.15) is 19.3 Å². The normalized spacial score (nSPS) is 12.1. The quantitative estimate of drug-likeness (QED) is 0.441. The molecule has 0 aliphatic heterocycles. The van der Waals surface area contributed by atoms with Crippen LogP contribution in [-0.4, -0.2) is 38.1 Å². The van der Waals surface area contributed by atoms with Crippen LogP contribution >= 0.6 is 0 Å². The zero-order valence-corrected chi connectivity index (χ0v) is 8.99. The van der Waals surface area contributed by atoms with E-state index in [-0.39, 0.29) is 18.4 Å². The molecular formula is C9H19N3O3. The van der Waals surface area contributed by atoms with Crippen LogP contribution < -0.4 is 16.8 Å². The van der Waals surface area contributed by atoms with Crippen molar-refractivity contribution in [2.45, 2.75) is 25.4 Å². The van der Waals surface area contributed by atoms with Crippen LogP contribution in [0.3, 0.4) is 0 Å². The lowest BCUT2D eigenvalue weighted by Crippen LogP contribution is -2.40. The molecule has 0 saturated carbocycles. The predicted molar refractivity (Wildman–Crippen MR) is 55.9 cm³/mol. The first-order valence-corrected chi connectivity index (χ1v) is 4.90. The second-order valence-corrected chi connectivity index (χ2v) is 3.17. The van der Waals surface area contributed by atoms with E-state index in [0.717, 1.165) is 6.42 Å². The second-order valence-electron chi connectivity index (χ2n) is 3.17. The number of primary amides is 1. The molecule has 0 aromatic heterocycles. The first-order chi connectivity index (χ1) is 7.11. The molecule has 0 bridgehead atoms. The van der Waals surface area contributed by atoms with Crippen LogP contribution in [0.4, 0.5) is 0 Å². The van der Waals surface area contributed by atoms with Crippen molar-refractivity contribution in [2.75, 3.05) is 20.2 Å². The number of nitrogens with two attached hydrogens (primary N) is 2. The maximum atomic E-state index is 11.3. The van der Waals surface area contributed by atoms with Crippen molar-refractivity contribution in [3.05, 3.63) is 0 Å². The number of hydrogen-bond donors (Lipinski definition) is 3. The number of amides is 2. The Labute approximate surface area is 89.3 Å². The molecule has 6 nitrogen and oxygen atoms in total. The van der Waals surface area contributed by atoms with Gasteiger partial charge in [-0.1, -0.05) is 0 Å². The summed E-state index contributed by atoms with van der Waals surface area (Å²) in [6, 6.07) is 0. The largest absolute Gasteiger partial charge is 0.370 e. The fourth-order valence-electron chi connectivity index (χ4n) is 1.06. The Morgan fingerprint density at radius 2 is 2.07 bits per heavy atom. The molecule has 1 unspecified atom stereocenters. The fraction of sp³-hybridized carbons (Fsp3) is 0.778. The Hall–Kier alpha value is -1.14. The molecule has 0 aromatic carbocycles. The molecule has 0 spiro atoms. The number of ether oxygens (including phenoxy) is 1. The van der Waals surface area contributed by atoms with Gasteiger partial charge in [-0.3, -0.25) is 9.59 Å². The molecule has 0 fully saturated rings. The summed E-state index contributed by atoms with van der Waals surface area (Å²) in [5.41, 5.74) is 10.3. The van der Waals surface area contributed by atoms with Gasteiger partial charge in [-0.2, -0.15) is 0 Å². The van der Waals surface area contributed by atoms with Crippen molar-refractivity contribution in [2.24, 2.45) is 11.5 Å². The van der Waals surface area contributed by atoms with Crippen LogP contribution in [0.25, 0.3) is 0 Å². The number of unbranched alkanes of at least 4 members (excludes halogenated alkanes) is 1. The molecule has 1 atom stereocenters. The molecular weight excluding hydrogens is 198 g/mol. The molecule has 0 heterocycles. The Balaban J connectivity index is 3.50. The standard InChI is InChI=1S/C9H19N3O3/c1-15-7(6-10)9(14)12-5-3-2-4-8(11)13/h7H,2-6,10H2,1H3,(H2,11,13)(H,12,14). The van der Waals surface area contributed by atoms with Gasteiger partial charge in [0.2, 0.25) is 11.8 Å². The third-order valence-electron chi connectivity index (χ3n) is 1.94. The molecule has 0 rings (SSSR count). The second kappa shape index (κ2) is 8.19. The highest BCUT2D eigenvalue weighted by atomic mass is 16.5. The molecule has 15 heavy (non-hydrogen) atoms. The molecule has 0 aliphatic rings. The third kappa shape index (κ3) is 6.87. The summed E-state index contributed by atoms with van der Waals surface area (Å²) >= 11 is 0. The van der Waals surface area contributed by atoms with E-state index in [2.05, 4.69) is 5.32 Å². The lowest BCUT2D eigenvalue weighted by atomic mass is 10.2. The molecule has 0 radical (unpaired) electrons. The predicted octanol–water partition coefficient (Wildman–Crippen LogP) is -1.27. The fourth-order valence-corrected chi connectivity index (χ4v) is 1.06. The highest BCUT2D eigenvalue weighted by molar-refractivity contribution is 5.80. The van der Waals surface area contributed by atoms with E-state index in [1.807, 2.05) is 0 Å². The van der Waals surface area contributed by atoms with Gasteiger partial charge in [0.15, 0.2) is 0 Å². The summed E-state index contributed by atoms with van der Waals surface area (Å²) in [5.74, 6) is -0.544. The Morgan fingerprint density at radius 1 is 1.40 bits per heavy atom. The summed E-state index contributed by atoms with van der Waals surface area (Å²) in [6.45, 7) is 0.662. The van der Waals surface area contributed by atoms with Crippen molar-refractivity contribution in [1.82, 2.24) is 5.32 Å². The minimum absolute atomic E-state index is 0.156. The Bertz CT molecular complexity index is 205. The van der Waals surface area contributed by atoms with E-state index < -0.39 is 6.10 Å². The van der Waals surface area contributed by atoms with Crippen LogP contribution in [0.2, 0.25) is 0 Å². The smallest absolute Gasteiger partial charge is 0.250 e. The van der Waals surface area contributed by atoms with Gasteiger partial charge in [0.1, 0.15) is 6.10 Å². The molecule has 0 saturated heterocycles. The van der Waals surface area contributed by atoms with Crippen LogP contribution in [0.5, 0.6) is 0 Å². The minimum atomic E-state index is -0.596. The monoisotopic (exact) mass is 217 g/mol. The summed E-state index contributed by atoms with van der Waals surface area (Å²) in [7, 11) is 1.43. The van der Waals surface area contributed by atoms with Crippen molar-refractivity contribution in [3.8, 4) is 0 Å². The SMILES string of the molecule is COC(CN)C(=O)NCCCCC(N)=O. The van der Waals surface area contributed by atoms with Gasteiger partial charge in [0, 0.05) is 26.6 Å². The number of nitrogens with one attached hydrogen (secondary N) is 1. The van der Waals surface area contributed by atoms with E-state index >= 15 is 0 Å². The molecule has 5 N–H and O–H groups in total. The van der Waals surface area contributed by atoms with Gasteiger partial charge in [0.05, 0.1) is 0 Å². The van der Waals surface area contributed by atoms with E-state index in [1.54, 1.807) is 0 Å². The van der Waals surface area contributed by atoms with Crippen LogP contribution in [-0.2, 0) is 14.3 Å². The van der Waals surface area contributed by atoms with Crippen molar-refractivity contribution < 1.29 is 14.3 Å². The van der Waals surface area contributed by atoms with E-state index in [9.17, 15) is 9.59 Å². The van der Waals surface area contributed by atoms with Gasteiger partial charge in [-0.05, 0) is 12.8 Å². The number of rotatable bonds is 8. The molecule has 2 amide bonds. The van der Waals surface area contributed by atoms with Crippen LogP contribution in [0, 0.1) is 0 Å². The Morgan fingerprint density at radius 3 is 2.53 bits per heavy atom. The van der Waals surface area contributed by atoms with Crippen molar-refractivity contribution >= 4 is 11.8 Å². The number of hydrogen-bond acceptors (Lipinski definition) is 4. The third-order valence-corrected chi connectivity index (χ3v) is 1.94.